The predicted molar refractivity (Wildman–Crippen MR) is 91.1 cm³/mol. The molecule has 122 valence electrons. The van der Waals surface area contributed by atoms with Gasteiger partial charge in [0.2, 0.25) is 5.90 Å². The molecule has 5 heteroatoms. The van der Waals surface area contributed by atoms with E-state index in [1.807, 2.05) is 61.5 Å². The summed E-state index contributed by atoms with van der Waals surface area (Å²) in [5, 5.41) is 0. The van der Waals surface area contributed by atoms with Gasteiger partial charge in [0, 0.05) is 0 Å². The monoisotopic (exact) mass is 323 g/mol. The van der Waals surface area contributed by atoms with Crippen LogP contribution in [0.4, 0.5) is 0 Å². The van der Waals surface area contributed by atoms with E-state index in [4.69, 9.17) is 14.2 Å². The van der Waals surface area contributed by atoms with Gasteiger partial charge < -0.3 is 14.2 Å². The van der Waals surface area contributed by atoms with Crippen LogP contribution in [0.25, 0.3) is 6.08 Å². The first kappa shape index (κ1) is 15.8. The van der Waals surface area contributed by atoms with Gasteiger partial charge in [0.05, 0.1) is 6.61 Å². The normalized spacial score (nSPS) is 15.1. The van der Waals surface area contributed by atoms with Crippen LogP contribution in [0.3, 0.4) is 0 Å². The number of esters is 1. The summed E-state index contributed by atoms with van der Waals surface area (Å²) in [6, 6.07) is 16.7. The minimum atomic E-state index is -0.483. The molecule has 0 saturated carbocycles. The molecule has 0 aliphatic carbocycles. The summed E-state index contributed by atoms with van der Waals surface area (Å²) in [7, 11) is 0. The average Bonchev–Trinajstić information content (AvgIpc) is 2.94. The van der Waals surface area contributed by atoms with Crippen molar-refractivity contribution in [2.45, 2.75) is 6.92 Å². The van der Waals surface area contributed by atoms with Gasteiger partial charge in [-0.25, -0.2) is 9.79 Å². The second kappa shape index (κ2) is 7.46. The van der Waals surface area contributed by atoms with Gasteiger partial charge >= 0.3 is 5.97 Å². The zero-order valence-electron chi connectivity index (χ0n) is 13.3. The van der Waals surface area contributed by atoms with Gasteiger partial charge in [0.15, 0.2) is 12.3 Å². The van der Waals surface area contributed by atoms with Crippen molar-refractivity contribution in [1.82, 2.24) is 0 Å². The lowest BCUT2D eigenvalue weighted by Crippen LogP contribution is -2.13. The van der Waals surface area contributed by atoms with Crippen LogP contribution in [0.2, 0.25) is 0 Å². The van der Waals surface area contributed by atoms with Crippen LogP contribution in [0.15, 0.2) is 65.3 Å². The number of nitrogens with zero attached hydrogens (tertiary/aromatic N) is 1. The first-order chi connectivity index (χ1) is 11.7. The molecule has 0 spiro atoms. The number of carbonyl (C=O) groups is 1. The van der Waals surface area contributed by atoms with Crippen molar-refractivity contribution >= 4 is 17.9 Å². The molecule has 24 heavy (non-hydrogen) atoms. The quantitative estimate of drug-likeness (QED) is 0.603. The molecular weight excluding hydrogens is 306 g/mol. The number of aliphatic imine (C=N–C) groups is 1. The Morgan fingerprint density at radius 3 is 2.62 bits per heavy atom. The second-order valence-electron chi connectivity index (χ2n) is 5.03. The number of hydrogen-bond donors (Lipinski definition) is 0. The van der Waals surface area contributed by atoms with Crippen molar-refractivity contribution in [2.75, 3.05) is 13.2 Å². The van der Waals surface area contributed by atoms with E-state index >= 15 is 0 Å². The topological polar surface area (TPSA) is 57.1 Å². The fraction of sp³-hybridized carbons (Fsp3) is 0.158. The Kier molecular flexibility index (Phi) is 4.91. The predicted octanol–water partition coefficient (Wildman–Crippen LogP) is 3.46. The number of carbonyl (C=O) groups excluding carboxylic acids is 1. The lowest BCUT2D eigenvalue weighted by Gasteiger charge is -2.03. The molecule has 0 bridgehead atoms. The van der Waals surface area contributed by atoms with E-state index in [1.54, 1.807) is 6.08 Å². The molecule has 0 saturated heterocycles. The minimum absolute atomic E-state index is 0.103. The van der Waals surface area contributed by atoms with Gasteiger partial charge in [0.1, 0.15) is 11.5 Å². The summed E-state index contributed by atoms with van der Waals surface area (Å²) in [6.07, 6.45) is 1.67. The molecule has 2 aromatic rings. The summed E-state index contributed by atoms with van der Waals surface area (Å²) in [5.41, 5.74) is 1.07. The molecule has 1 heterocycles. The van der Waals surface area contributed by atoms with Crippen LogP contribution < -0.4 is 9.47 Å². The van der Waals surface area contributed by atoms with Crippen molar-refractivity contribution in [3.63, 3.8) is 0 Å². The van der Waals surface area contributed by atoms with Gasteiger partial charge in [-0.2, -0.15) is 0 Å². The minimum Gasteiger partial charge on any atom is -0.494 e. The highest BCUT2D eigenvalue weighted by Gasteiger charge is 2.23. The van der Waals surface area contributed by atoms with E-state index in [-0.39, 0.29) is 18.2 Å². The Labute approximate surface area is 140 Å². The number of ether oxygens (including phenoxy) is 3. The van der Waals surface area contributed by atoms with Crippen LogP contribution >= 0.6 is 0 Å². The Balaban J connectivity index is 1.70. The maximum atomic E-state index is 11.9. The lowest BCUT2D eigenvalue weighted by molar-refractivity contribution is -0.130. The summed E-state index contributed by atoms with van der Waals surface area (Å²) < 4.78 is 16.1. The third kappa shape index (κ3) is 4.01. The van der Waals surface area contributed by atoms with Gasteiger partial charge in [-0.3, -0.25) is 0 Å². The third-order valence-corrected chi connectivity index (χ3v) is 3.24. The molecule has 1 aliphatic rings. The highest BCUT2D eigenvalue weighted by Crippen LogP contribution is 2.20. The van der Waals surface area contributed by atoms with Crippen LogP contribution in [0.5, 0.6) is 11.5 Å². The van der Waals surface area contributed by atoms with Crippen molar-refractivity contribution in [3.05, 3.63) is 65.9 Å². The summed E-state index contributed by atoms with van der Waals surface area (Å²) >= 11 is 0. The van der Waals surface area contributed by atoms with Crippen molar-refractivity contribution in [2.24, 2.45) is 4.99 Å². The molecule has 5 nitrogen and oxygen atoms in total. The Morgan fingerprint density at radius 2 is 1.83 bits per heavy atom. The maximum absolute atomic E-state index is 11.9. The molecule has 0 amide bonds. The first-order valence-corrected chi connectivity index (χ1v) is 7.67. The van der Waals surface area contributed by atoms with Crippen LogP contribution in [-0.2, 0) is 9.53 Å². The smallest absolute Gasteiger partial charge is 0.363 e. The molecule has 0 radical (unpaired) electrons. The molecular formula is C19H17NO4. The lowest BCUT2D eigenvalue weighted by atomic mass is 10.2. The highest BCUT2D eigenvalue weighted by molar-refractivity contribution is 6.07. The summed E-state index contributed by atoms with van der Waals surface area (Å²) in [4.78, 5) is 16.1. The molecule has 0 unspecified atom stereocenters. The fourth-order valence-electron chi connectivity index (χ4n) is 2.20. The standard InChI is InChI=1S/C19H17NO4/c1-2-22-16-10-6-7-14(11-16)12-17-19(21)24-18(20-17)13-23-15-8-4-3-5-9-15/h3-12H,2,13H2,1H3/b17-12+. The molecule has 0 fully saturated rings. The highest BCUT2D eigenvalue weighted by atomic mass is 16.6. The Hall–Kier alpha value is -3.08. The molecule has 0 N–H and O–H groups in total. The number of cyclic esters (lactones) is 1. The fourth-order valence-corrected chi connectivity index (χ4v) is 2.20. The van der Waals surface area contributed by atoms with E-state index in [0.717, 1.165) is 11.3 Å². The zero-order chi connectivity index (χ0) is 16.8. The van der Waals surface area contributed by atoms with E-state index in [9.17, 15) is 4.79 Å². The Bertz CT molecular complexity index is 781. The van der Waals surface area contributed by atoms with Crippen LogP contribution in [0, 0.1) is 0 Å². The van der Waals surface area contributed by atoms with E-state index in [0.29, 0.717) is 12.4 Å². The SMILES string of the molecule is CCOc1cccc(/C=C2/N=C(COc3ccccc3)OC2=O)c1. The first-order valence-electron chi connectivity index (χ1n) is 7.67. The zero-order valence-corrected chi connectivity index (χ0v) is 13.3. The van der Waals surface area contributed by atoms with Gasteiger partial charge in [-0.05, 0) is 42.8 Å². The molecule has 3 rings (SSSR count). The molecule has 2 aromatic carbocycles. The second-order valence-corrected chi connectivity index (χ2v) is 5.03. The number of hydrogen-bond acceptors (Lipinski definition) is 5. The van der Waals surface area contributed by atoms with Gasteiger partial charge in [0.25, 0.3) is 0 Å². The van der Waals surface area contributed by atoms with E-state index in [2.05, 4.69) is 4.99 Å². The van der Waals surface area contributed by atoms with Crippen molar-refractivity contribution in [3.8, 4) is 11.5 Å². The molecule has 0 atom stereocenters. The number of para-hydroxylation sites is 1. The van der Waals surface area contributed by atoms with Crippen LogP contribution in [-0.4, -0.2) is 25.1 Å². The average molecular weight is 323 g/mol. The number of benzene rings is 2. The molecule has 0 aromatic heterocycles. The van der Waals surface area contributed by atoms with Gasteiger partial charge in [-0.15, -0.1) is 0 Å². The van der Waals surface area contributed by atoms with Gasteiger partial charge in [-0.1, -0.05) is 30.3 Å². The largest absolute Gasteiger partial charge is 0.494 e. The van der Waals surface area contributed by atoms with E-state index < -0.39 is 5.97 Å². The van der Waals surface area contributed by atoms with Crippen molar-refractivity contribution < 1.29 is 19.0 Å². The van der Waals surface area contributed by atoms with Crippen molar-refractivity contribution in [1.29, 1.82) is 0 Å². The summed E-state index contributed by atoms with van der Waals surface area (Å²) in [6.45, 7) is 2.61. The molecule has 1 aliphatic heterocycles. The third-order valence-electron chi connectivity index (χ3n) is 3.24. The van der Waals surface area contributed by atoms with Crippen LogP contribution in [0.1, 0.15) is 12.5 Å². The maximum Gasteiger partial charge on any atom is 0.363 e. The summed E-state index contributed by atoms with van der Waals surface area (Å²) in [5.74, 6) is 1.20. The van der Waals surface area contributed by atoms with E-state index in [1.165, 1.54) is 0 Å². The Morgan fingerprint density at radius 1 is 1.04 bits per heavy atom. The number of rotatable bonds is 6.